The number of nitrogens with two attached hydrogens (primary N) is 1. The molecule has 0 unspecified atom stereocenters. The maximum Gasteiger partial charge on any atom is 0.293 e. The molecule has 1 aromatic carbocycles. The van der Waals surface area contributed by atoms with Gasteiger partial charge in [-0.15, -0.1) is 0 Å². The number of nitrogen functional groups attached to an aromatic ring is 1. The minimum Gasteiger partial charge on any atom is -0.438 e. The Bertz CT molecular complexity index is 607. The van der Waals surface area contributed by atoms with E-state index in [1.54, 1.807) is 19.1 Å². The monoisotopic (exact) mass is 265 g/mol. The van der Waals surface area contributed by atoms with E-state index in [-0.39, 0.29) is 11.7 Å². The highest BCUT2D eigenvalue weighted by atomic mass is 35.5. The van der Waals surface area contributed by atoms with E-state index in [0.717, 1.165) is 5.56 Å². The first-order chi connectivity index (χ1) is 8.49. The second-order valence-electron chi connectivity index (χ2n) is 3.91. The van der Waals surface area contributed by atoms with E-state index in [0.29, 0.717) is 22.1 Å². The summed E-state index contributed by atoms with van der Waals surface area (Å²) in [6, 6.07) is 3.31. The van der Waals surface area contributed by atoms with E-state index in [1.165, 1.54) is 6.39 Å². The number of anilines is 2. The quantitative estimate of drug-likeness (QED) is 0.818. The molecule has 2 rings (SSSR count). The summed E-state index contributed by atoms with van der Waals surface area (Å²) in [4.78, 5) is 15.8. The third kappa shape index (κ3) is 2.31. The number of aryl methyl sites for hydroxylation is 2. The van der Waals surface area contributed by atoms with E-state index in [1.807, 2.05) is 6.92 Å². The molecule has 0 saturated heterocycles. The van der Waals surface area contributed by atoms with Crippen molar-refractivity contribution in [2.45, 2.75) is 13.8 Å². The first-order valence-electron chi connectivity index (χ1n) is 5.26. The van der Waals surface area contributed by atoms with Gasteiger partial charge in [-0.1, -0.05) is 11.6 Å². The summed E-state index contributed by atoms with van der Waals surface area (Å²) in [5, 5.41) is 3.10. The largest absolute Gasteiger partial charge is 0.438 e. The van der Waals surface area contributed by atoms with Gasteiger partial charge in [0, 0.05) is 5.69 Å². The molecule has 3 N–H and O–H groups in total. The molecule has 1 aromatic heterocycles. The van der Waals surface area contributed by atoms with Crippen molar-refractivity contribution in [3.8, 4) is 0 Å². The van der Waals surface area contributed by atoms with Crippen LogP contribution in [-0.4, -0.2) is 10.9 Å². The molecule has 1 heterocycles. The van der Waals surface area contributed by atoms with Gasteiger partial charge in [-0.05, 0) is 31.5 Å². The summed E-state index contributed by atoms with van der Waals surface area (Å²) in [5.41, 5.74) is 8.09. The lowest BCUT2D eigenvalue weighted by Gasteiger charge is -2.09. The molecule has 18 heavy (non-hydrogen) atoms. The lowest BCUT2D eigenvalue weighted by Crippen LogP contribution is -2.13. The Kier molecular flexibility index (Phi) is 3.25. The van der Waals surface area contributed by atoms with E-state index >= 15 is 0 Å². The number of halogens is 1. The number of aromatic nitrogens is 1. The zero-order valence-corrected chi connectivity index (χ0v) is 10.7. The van der Waals surface area contributed by atoms with Gasteiger partial charge in [-0.3, -0.25) is 4.79 Å². The first kappa shape index (κ1) is 12.4. The summed E-state index contributed by atoms with van der Waals surface area (Å²) in [6.45, 7) is 3.52. The lowest BCUT2D eigenvalue weighted by molar-refractivity contribution is 0.0996. The Morgan fingerprint density at radius 2 is 2.17 bits per heavy atom. The minimum atomic E-state index is -0.367. The number of hydrogen-bond donors (Lipinski definition) is 2. The normalized spacial score (nSPS) is 10.4. The fourth-order valence-corrected chi connectivity index (χ4v) is 1.70. The zero-order valence-electron chi connectivity index (χ0n) is 9.95. The number of nitrogens with one attached hydrogen (secondary N) is 1. The van der Waals surface area contributed by atoms with Crippen LogP contribution in [0.4, 0.5) is 11.4 Å². The standard InChI is InChI=1S/C12H12ClN3O2/c1-6-3-9(14)8(13)4-10(6)16-12(17)11-7(2)15-5-18-11/h3-5H,14H2,1-2H3,(H,16,17). The highest BCUT2D eigenvalue weighted by molar-refractivity contribution is 6.33. The highest BCUT2D eigenvalue weighted by Gasteiger charge is 2.15. The van der Waals surface area contributed by atoms with Crippen LogP contribution in [0, 0.1) is 13.8 Å². The maximum absolute atomic E-state index is 11.9. The van der Waals surface area contributed by atoms with Crippen molar-refractivity contribution >= 4 is 28.9 Å². The molecule has 0 saturated carbocycles. The molecule has 0 radical (unpaired) electrons. The topological polar surface area (TPSA) is 81.1 Å². The smallest absolute Gasteiger partial charge is 0.293 e. The molecule has 1 amide bonds. The Balaban J connectivity index is 2.28. The summed E-state index contributed by atoms with van der Waals surface area (Å²) in [6.07, 6.45) is 1.23. The van der Waals surface area contributed by atoms with Gasteiger partial charge < -0.3 is 15.5 Å². The van der Waals surface area contributed by atoms with E-state index < -0.39 is 0 Å². The summed E-state index contributed by atoms with van der Waals surface area (Å²) in [7, 11) is 0. The number of carbonyl (C=O) groups is 1. The molecule has 0 aliphatic rings. The van der Waals surface area contributed by atoms with Gasteiger partial charge in [-0.25, -0.2) is 4.98 Å². The van der Waals surface area contributed by atoms with Crippen molar-refractivity contribution in [2.75, 3.05) is 11.1 Å². The highest BCUT2D eigenvalue weighted by Crippen LogP contribution is 2.27. The van der Waals surface area contributed by atoms with Crippen LogP contribution in [-0.2, 0) is 0 Å². The molecular weight excluding hydrogens is 254 g/mol. The van der Waals surface area contributed by atoms with E-state index in [9.17, 15) is 4.79 Å². The fraction of sp³-hybridized carbons (Fsp3) is 0.167. The number of oxazole rings is 1. The molecule has 0 spiro atoms. The predicted molar refractivity (Wildman–Crippen MR) is 69.8 cm³/mol. The minimum absolute atomic E-state index is 0.183. The zero-order chi connectivity index (χ0) is 13.3. The van der Waals surface area contributed by atoms with Crippen LogP contribution in [0.3, 0.4) is 0 Å². The average Bonchev–Trinajstić information content (AvgIpc) is 2.72. The molecular formula is C12H12ClN3O2. The van der Waals surface area contributed by atoms with Gasteiger partial charge in [0.25, 0.3) is 5.91 Å². The second kappa shape index (κ2) is 4.70. The number of nitrogens with zero attached hydrogens (tertiary/aromatic N) is 1. The molecule has 94 valence electrons. The van der Waals surface area contributed by atoms with E-state index in [4.69, 9.17) is 21.8 Å². The number of carbonyl (C=O) groups excluding carboxylic acids is 1. The number of hydrogen-bond acceptors (Lipinski definition) is 4. The molecule has 0 fully saturated rings. The van der Waals surface area contributed by atoms with Gasteiger partial charge in [0.2, 0.25) is 5.76 Å². The second-order valence-corrected chi connectivity index (χ2v) is 4.32. The van der Waals surface area contributed by atoms with Crippen LogP contribution in [0.1, 0.15) is 21.8 Å². The summed E-state index contributed by atoms with van der Waals surface area (Å²) in [5.74, 6) is -0.184. The van der Waals surface area contributed by atoms with Crippen molar-refractivity contribution in [3.63, 3.8) is 0 Å². The van der Waals surface area contributed by atoms with Crippen molar-refractivity contribution in [1.29, 1.82) is 0 Å². The third-order valence-electron chi connectivity index (χ3n) is 2.54. The lowest BCUT2D eigenvalue weighted by atomic mass is 10.1. The first-order valence-corrected chi connectivity index (χ1v) is 5.64. The number of benzene rings is 1. The van der Waals surface area contributed by atoms with Crippen LogP contribution in [0.2, 0.25) is 5.02 Å². The molecule has 2 aromatic rings. The summed E-state index contributed by atoms with van der Waals surface area (Å²) < 4.78 is 5.01. The molecule has 0 aliphatic carbocycles. The number of rotatable bonds is 2. The van der Waals surface area contributed by atoms with Crippen molar-refractivity contribution in [3.05, 3.63) is 40.6 Å². The molecule has 6 heteroatoms. The molecule has 0 aliphatic heterocycles. The molecule has 0 atom stereocenters. The Labute approximate surface area is 109 Å². The Morgan fingerprint density at radius 3 is 2.78 bits per heavy atom. The predicted octanol–water partition coefficient (Wildman–Crippen LogP) is 2.78. The fourth-order valence-electron chi connectivity index (χ4n) is 1.54. The Hall–Kier alpha value is -2.01. The van der Waals surface area contributed by atoms with Gasteiger partial charge >= 0.3 is 0 Å². The summed E-state index contributed by atoms with van der Waals surface area (Å²) >= 11 is 5.91. The van der Waals surface area contributed by atoms with Gasteiger partial charge in [-0.2, -0.15) is 0 Å². The van der Waals surface area contributed by atoms with Crippen LogP contribution < -0.4 is 11.1 Å². The SMILES string of the molecule is Cc1cc(N)c(Cl)cc1NC(=O)c1ocnc1C. The number of amides is 1. The molecule has 5 nitrogen and oxygen atoms in total. The van der Waals surface area contributed by atoms with Crippen molar-refractivity contribution < 1.29 is 9.21 Å². The maximum atomic E-state index is 11.9. The van der Waals surface area contributed by atoms with Crippen LogP contribution in [0.5, 0.6) is 0 Å². The third-order valence-corrected chi connectivity index (χ3v) is 2.87. The van der Waals surface area contributed by atoms with Crippen molar-refractivity contribution in [1.82, 2.24) is 4.98 Å². The van der Waals surface area contributed by atoms with Gasteiger partial charge in [0.1, 0.15) is 0 Å². The van der Waals surface area contributed by atoms with Crippen LogP contribution in [0.15, 0.2) is 22.9 Å². The molecule has 0 bridgehead atoms. The van der Waals surface area contributed by atoms with Gasteiger partial charge in [0.05, 0.1) is 16.4 Å². The van der Waals surface area contributed by atoms with Crippen molar-refractivity contribution in [2.24, 2.45) is 0 Å². The van der Waals surface area contributed by atoms with Crippen LogP contribution in [0.25, 0.3) is 0 Å². The van der Waals surface area contributed by atoms with Gasteiger partial charge in [0.15, 0.2) is 6.39 Å². The Morgan fingerprint density at radius 1 is 1.44 bits per heavy atom. The average molecular weight is 266 g/mol. The van der Waals surface area contributed by atoms with E-state index in [2.05, 4.69) is 10.3 Å². The van der Waals surface area contributed by atoms with Crippen LogP contribution >= 0.6 is 11.6 Å².